The number of aromatic hydroxyl groups is 1. The number of aliphatic hydroxyl groups excluding tert-OH is 2. The molecule has 3 atom stereocenters. The first-order valence-corrected chi connectivity index (χ1v) is 23.2. The summed E-state index contributed by atoms with van der Waals surface area (Å²) >= 11 is 0. The van der Waals surface area contributed by atoms with Crippen LogP contribution < -0.4 is 4.74 Å². The molecule has 0 spiro atoms. The highest BCUT2D eigenvalue weighted by atomic mass is 19.3. The standard InChI is InChI=1S/C25H24F2N4O3.C21H18F2N4O2.C4H8O.C2H6/c1-15(32)18-9-19-21(10-22(18)34-17-7-8-33-13-17)28-14-29-25(19)20-11-31(12-23(26)27)30-24(20)16-5-3-2-4-6-16;1-12(28)14-7-15-17(8-18(14)29)24-11-25-21(15)16-9-27(10-19(22)23)26-20(16)13-5-3-2-4-6-13;1-2-4-5-3-1;1-2/h2-6,9-11,14-15,17,23,32H,7-8,12-13H2,1H3;2-9,11-12,19,28-29H,10H2,1H3;1-4H2;1-2H3/t15-,17+;;;/m1.../s1. The minimum atomic E-state index is -2.55. The number of rotatable bonds is 12. The number of phenolic OH excluding ortho intramolecular Hbond substituents is 1. The van der Waals surface area contributed by atoms with E-state index in [9.17, 15) is 32.9 Å². The molecule has 2 fully saturated rings. The fraction of sp³-hybridized carbons (Fsp3) is 0.346. The molecule has 4 aromatic carbocycles. The van der Waals surface area contributed by atoms with Crippen molar-refractivity contribution in [2.75, 3.05) is 26.4 Å². The predicted molar refractivity (Wildman–Crippen MR) is 259 cm³/mol. The van der Waals surface area contributed by atoms with Crippen LogP contribution in [0.25, 0.3) is 66.8 Å². The molecule has 0 radical (unpaired) electrons. The van der Waals surface area contributed by atoms with E-state index in [1.165, 1.54) is 47.1 Å². The first-order chi connectivity index (χ1) is 33.9. The third-order valence-corrected chi connectivity index (χ3v) is 11.2. The Morgan fingerprint density at radius 3 is 1.54 bits per heavy atom. The molecule has 10 rings (SSSR count). The topological polar surface area (TPSA) is 176 Å². The number of aromatic nitrogens is 8. The van der Waals surface area contributed by atoms with Gasteiger partial charge in [0.05, 0.1) is 47.8 Å². The Hall–Kier alpha value is -6.86. The van der Waals surface area contributed by atoms with E-state index < -0.39 is 38.1 Å². The second-order valence-electron chi connectivity index (χ2n) is 16.3. The molecule has 3 N–H and O–H groups in total. The summed E-state index contributed by atoms with van der Waals surface area (Å²) in [7, 11) is 0. The van der Waals surface area contributed by atoms with Gasteiger partial charge < -0.3 is 29.5 Å². The van der Waals surface area contributed by atoms with Gasteiger partial charge in [-0.2, -0.15) is 10.2 Å². The van der Waals surface area contributed by atoms with Gasteiger partial charge in [-0.25, -0.2) is 37.5 Å². The molecule has 0 bridgehead atoms. The van der Waals surface area contributed by atoms with E-state index in [4.69, 9.17) is 14.2 Å². The molecule has 0 saturated carbocycles. The van der Waals surface area contributed by atoms with Gasteiger partial charge in [0.1, 0.15) is 54.7 Å². The van der Waals surface area contributed by atoms with Gasteiger partial charge in [0.15, 0.2) is 0 Å². The molecule has 1 unspecified atom stereocenters. The van der Waals surface area contributed by atoms with Gasteiger partial charge in [0.2, 0.25) is 0 Å². The van der Waals surface area contributed by atoms with Crippen LogP contribution in [0.4, 0.5) is 17.6 Å². The number of alkyl halides is 4. The molecule has 14 nitrogen and oxygen atoms in total. The highest BCUT2D eigenvalue weighted by molar-refractivity contribution is 5.98. The van der Waals surface area contributed by atoms with Gasteiger partial charge in [0.25, 0.3) is 12.9 Å². The minimum absolute atomic E-state index is 0.0752. The lowest BCUT2D eigenvalue weighted by atomic mass is 9.99. The molecule has 2 aliphatic heterocycles. The van der Waals surface area contributed by atoms with Crippen LogP contribution in [0.2, 0.25) is 0 Å². The molecule has 368 valence electrons. The molecular formula is C52H56F4N8O6. The maximum absolute atomic E-state index is 13.1. The number of nitrogens with zero attached hydrogens (tertiary/aromatic N) is 8. The Morgan fingerprint density at radius 2 is 1.11 bits per heavy atom. The number of fused-ring (bicyclic) bond motifs is 2. The van der Waals surface area contributed by atoms with Gasteiger partial charge in [-0.3, -0.25) is 9.36 Å². The molecule has 70 heavy (non-hydrogen) atoms. The fourth-order valence-corrected chi connectivity index (χ4v) is 7.98. The van der Waals surface area contributed by atoms with Crippen molar-refractivity contribution in [2.24, 2.45) is 0 Å². The van der Waals surface area contributed by atoms with Crippen molar-refractivity contribution in [2.45, 2.75) is 91.2 Å². The monoisotopic (exact) mass is 964 g/mol. The lowest BCUT2D eigenvalue weighted by Crippen LogP contribution is -2.17. The third kappa shape index (κ3) is 12.5. The van der Waals surface area contributed by atoms with E-state index in [-0.39, 0.29) is 11.9 Å². The van der Waals surface area contributed by atoms with Gasteiger partial charge in [-0.05, 0) is 38.8 Å². The number of phenols is 1. The zero-order chi connectivity index (χ0) is 49.7. The Labute approximate surface area is 402 Å². The van der Waals surface area contributed by atoms with Crippen LogP contribution in [0, 0.1) is 0 Å². The van der Waals surface area contributed by atoms with E-state index in [1.807, 2.05) is 74.5 Å². The summed E-state index contributed by atoms with van der Waals surface area (Å²) in [5.74, 6) is 0.466. The molecule has 6 heterocycles. The summed E-state index contributed by atoms with van der Waals surface area (Å²) in [5.41, 5.74) is 6.80. The lowest BCUT2D eigenvalue weighted by molar-refractivity contribution is 0.121. The van der Waals surface area contributed by atoms with Crippen LogP contribution in [0.3, 0.4) is 0 Å². The zero-order valence-corrected chi connectivity index (χ0v) is 39.3. The van der Waals surface area contributed by atoms with Gasteiger partial charge >= 0.3 is 0 Å². The summed E-state index contributed by atoms with van der Waals surface area (Å²) in [5, 5.41) is 40.6. The van der Waals surface area contributed by atoms with Crippen molar-refractivity contribution < 1.29 is 47.1 Å². The Kier molecular flexibility index (Phi) is 17.6. The van der Waals surface area contributed by atoms with Crippen LogP contribution in [0.5, 0.6) is 11.5 Å². The number of aliphatic hydroxyl groups is 2. The SMILES string of the molecule is C1CCOC1.CC.CC(O)c1cc2c(-c3cn(CC(F)F)nc3-c3ccccc3)ncnc2cc1O.C[C@@H](O)c1cc2c(-c3cn(CC(F)F)nc3-c3ccccc3)ncnc2cc1O[C@H]1CCOC1. The van der Waals surface area contributed by atoms with Crippen molar-refractivity contribution in [3.63, 3.8) is 0 Å². The Bertz CT molecular complexity index is 2920. The van der Waals surface area contributed by atoms with Crippen LogP contribution in [-0.2, 0) is 22.6 Å². The average molecular weight is 965 g/mol. The second-order valence-corrected chi connectivity index (χ2v) is 16.3. The van der Waals surface area contributed by atoms with E-state index in [0.29, 0.717) is 85.8 Å². The van der Waals surface area contributed by atoms with E-state index in [1.54, 1.807) is 38.2 Å². The zero-order valence-electron chi connectivity index (χ0n) is 39.3. The Balaban J connectivity index is 0.000000183. The quantitative estimate of drug-likeness (QED) is 0.0990. The highest BCUT2D eigenvalue weighted by Crippen LogP contribution is 2.39. The molecule has 2 aliphatic rings. The largest absolute Gasteiger partial charge is 0.507 e. The van der Waals surface area contributed by atoms with Crippen molar-refractivity contribution in [3.8, 4) is 56.5 Å². The van der Waals surface area contributed by atoms with Crippen LogP contribution in [-0.4, -0.2) is 100 Å². The summed E-state index contributed by atoms with van der Waals surface area (Å²) in [6, 6.07) is 25.2. The van der Waals surface area contributed by atoms with Gasteiger partial charge in [-0.15, -0.1) is 0 Å². The maximum Gasteiger partial charge on any atom is 0.257 e. The molecule has 0 aliphatic carbocycles. The number of hydrogen-bond acceptors (Lipinski definition) is 12. The molecule has 8 aromatic rings. The first kappa shape index (κ1) is 51.0. The van der Waals surface area contributed by atoms with E-state index in [2.05, 4.69) is 30.1 Å². The van der Waals surface area contributed by atoms with Crippen molar-refractivity contribution >= 4 is 21.8 Å². The number of halogens is 4. The number of ether oxygens (including phenoxy) is 3. The number of hydrogen-bond donors (Lipinski definition) is 3. The third-order valence-electron chi connectivity index (χ3n) is 11.2. The molecular weight excluding hydrogens is 909 g/mol. The van der Waals surface area contributed by atoms with Crippen LogP contribution >= 0.6 is 0 Å². The van der Waals surface area contributed by atoms with Crippen LogP contribution in [0.15, 0.2) is 110 Å². The maximum atomic E-state index is 13.1. The molecule has 0 amide bonds. The van der Waals surface area contributed by atoms with E-state index >= 15 is 0 Å². The van der Waals surface area contributed by atoms with Crippen molar-refractivity contribution in [1.82, 2.24) is 39.5 Å². The predicted octanol–water partition coefficient (Wildman–Crippen LogP) is 10.7. The average Bonchev–Trinajstić information content (AvgIpc) is 4.22. The summed E-state index contributed by atoms with van der Waals surface area (Å²) in [4.78, 5) is 17.5. The summed E-state index contributed by atoms with van der Waals surface area (Å²) < 4.78 is 71.1. The van der Waals surface area contributed by atoms with Gasteiger partial charge in [0, 0.05) is 88.3 Å². The van der Waals surface area contributed by atoms with Crippen molar-refractivity contribution in [3.05, 3.63) is 121 Å². The molecule has 4 aromatic heterocycles. The fourth-order valence-electron chi connectivity index (χ4n) is 7.98. The second kappa shape index (κ2) is 24.1. The summed E-state index contributed by atoms with van der Waals surface area (Å²) in [6.45, 7) is 9.28. The smallest absolute Gasteiger partial charge is 0.257 e. The molecule has 18 heteroatoms. The van der Waals surface area contributed by atoms with E-state index in [0.717, 1.165) is 30.8 Å². The lowest BCUT2D eigenvalue weighted by Gasteiger charge is -2.18. The number of benzene rings is 4. The summed E-state index contributed by atoms with van der Waals surface area (Å²) in [6.07, 6.45) is 2.34. The van der Waals surface area contributed by atoms with Crippen LogP contribution in [0.1, 0.15) is 70.3 Å². The molecule has 2 saturated heterocycles. The normalized spacial score (nSPS) is 15.2. The van der Waals surface area contributed by atoms with Crippen molar-refractivity contribution in [1.29, 1.82) is 0 Å². The Morgan fingerprint density at radius 1 is 0.629 bits per heavy atom. The van der Waals surface area contributed by atoms with Gasteiger partial charge in [-0.1, -0.05) is 74.5 Å². The first-order valence-electron chi connectivity index (χ1n) is 23.2. The highest BCUT2D eigenvalue weighted by Gasteiger charge is 2.24. The minimum Gasteiger partial charge on any atom is -0.507 e.